The second-order valence-corrected chi connectivity index (χ2v) is 6.97. The Morgan fingerprint density at radius 3 is 2.54 bits per heavy atom. The lowest BCUT2D eigenvalue weighted by atomic mass is 9.93. The predicted molar refractivity (Wildman–Crippen MR) is 102 cm³/mol. The molecule has 26 heavy (non-hydrogen) atoms. The molecule has 1 aliphatic heterocycles. The van der Waals surface area contributed by atoms with Crippen molar-refractivity contribution in [3.8, 4) is 0 Å². The number of likely N-dealkylation sites (N-methyl/N-ethyl adjacent to an activating group) is 1. The second-order valence-electron chi connectivity index (χ2n) is 6.97. The van der Waals surface area contributed by atoms with E-state index < -0.39 is 11.6 Å². The van der Waals surface area contributed by atoms with Crippen LogP contribution in [0.25, 0.3) is 0 Å². The number of halogens is 3. The van der Waals surface area contributed by atoms with Crippen molar-refractivity contribution in [3.63, 3.8) is 0 Å². The standard InChI is InChI=1S/C19H29F2N3O.ClH/c1-14(16-4-5-17(20)18(21)12-16)23(3)19(25)13-24-10-7-15(8-11-24)6-9-22-2;/h4-5,12,14-15,22H,6-11,13H2,1-3H3;1H. The van der Waals surface area contributed by atoms with Crippen molar-refractivity contribution in [2.45, 2.75) is 32.2 Å². The Hall–Kier alpha value is -1.24. The average Bonchev–Trinajstić information content (AvgIpc) is 2.62. The van der Waals surface area contributed by atoms with E-state index in [1.165, 1.54) is 12.5 Å². The summed E-state index contributed by atoms with van der Waals surface area (Å²) < 4.78 is 26.5. The fourth-order valence-corrected chi connectivity index (χ4v) is 3.30. The maximum absolute atomic E-state index is 13.4. The molecule has 1 fully saturated rings. The van der Waals surface area contributed by atoms with E-state index in [1.807, 2.05) is 14.0 Å². The van der Waals surface area contributed by atoms with Gasteiger partial charge in [0, 0.05) is 7.05 Å². The van der Waals surface area contributed by atoms with Crippen LogP contribution in [0.5, 0.6) is 0 Å². The number of amides is 1. The van der Waals surface area contributed by atoms with Gasteiger partial charge in [0.15, 0.2) is 11.6 Å². The fourth-order valence-electron chi connectivity index (χ4n) is 3.30. The molecular formula is C19H30ClF2N3O. The molecule has 1 atom stereocenters. The highest BCUT2D eigenvalue weighted by molar-refractivity contribution is 5.85. The monoisotopic (exact) mass is 389 g/mol. The number of hydrogen-bond acceptors (Lipinski definition) is 3. The van der Waals surface area contributed by atoms with Gasteiger partial charge in [-0.25, -0.2) is 8.78 Å². The molecule has 1 N–H and O–H groups in total. The molecule has 1 aliphatic rings. The Morgan fingerprint density at radius 1 is 1.31 bits per heavy atom. The number of nitrogens with one attached hydrogen (secondary N) is 1. The Labute approximate surface area is 161 Å². The van der Waals surface area contributed by atoms with Crippen molar-refractivity contribution in [1.82, 2.24) is 15.1 Å². The molecule has 1 aromatic carbocycles. The van der Waals surface area contributed by atoms with Crippen LogP contribution in [0.1, 0.15) is 37.8 Å². The zero-order chi connectivity index (χ0) is 18.4. The minimum Gasteiger partial charge on any atom is -0.338 e. The van der Waals surface area contributed by atoms with Gasteiger partial charge in [0.25, 0.3) is 0 Å². The summed E-state index contributed by atoms with van der Waals surface area (Å²) in [4.78, 5) is 16.3. The molecule has 2 rings (SSSR count). The van der Waals surface area contributed by atoms with E-state index in [0.717, 1.165) is 50.5 Å². The molecule has 0 spiro atoms. The summed E-state index contributed by atoms with van der Waals surface area (Å²) in [6.45, 7) is 5.12. The molecule has 1 saturated heterocycles. The number of nitrogens with zero attached hydrogens (tertiary/aromatic N) is 2. The highest BCUT2D eigenvalue weighted by Crippen LogP contribution is 2.23. The zero-order valence-corrected chi connectivity index (χ0v) is 16.6. The molecule has 0 aliphatic carbocycles. The number of benzene rings is 1. The lowest BCUT2D eigenvalue weighted by Gasteiger charge is -2.33. The molecule has 1 heterocycles. The van der Waals surface area contributed by atoms with Crippen LogP contribution >= 0.6 is 12.4 Å². The highest BCUT2D eigenvalue weighted by Gasteiger charge is 2.24. The molecule has 7 heteroatoms. The van der Waals surface area contributed by atoms with Crippen molar-refractivity contribution in [2.75, 3.05) is 40.3 Å². The van der Waals surface area contributed by atoms with E-state index in [9.17, 15) is 13.6 Å². The Bertz CT molecular complexity index is 580. The van der Waals surface area contributed by atoms with Crippen LogP contribution in [0.4, 0.5) is 8.78 Å². The fraction of sp³-hybridized carbons (Fsp3) is 0.632. The van der Waals surface area contributed by atoms with Gasteiger partial charge in [-0.2, -0.15) is 0 Å². The van der Waals surface area contributed by atoms with Crippen LogP contribution in [-0.2, 0) is 4.79 Å². The van der Waals surface area contributed by atoms with Gasteiger partial charge in [0.2, 0.25) is 5.91 Å². The van der Waals surface area contributed by atoms with E-state index in [-0.39, 0.29) is 24.4 Å². The van der Waals surface area contributed by atoms with Gasteiger partial charge in [-0.05, 0) is 76.5 Å². The summed E-state index contributed by atoms with van der Waals surface area (Å²) in [5, 5.41) is 3.18. The Morgan fingerprint density at radius 2 is 1.96 bits per heavy atom. The van der Waals surface area contributed by atoms with Crippen LogP contribution < -0.4 is 5.32 Å². The first-order valence-corrected chi connectivity index (χ1v) is 9.00. The van der Waals surface area contributed by atoms with Crippen molar-refractivity contribution in [3.05, 3.63) is 35.4 Å². The van der Waals surface area contributed by atoms with Gasteiger partial charge in [-0.1, -0.05) is 6.07 Å². The maximum Gasteiger partial charge on any atom is 0.236 e. The largest absolute Gasteiger partial charge is 0.338 e. The van der Waals surface area contributed by atoms with E-state index in [1.54, 1.807) is 11.9 Å². The number of piperidine rings is 1. The quantitative estimate of drug-likeness (QED) is 0.777. The summed E-state index contributed by atoms with van der Waals surface area (Å²) in [5.41, 5.74) is 0.598. The smallest absolute Gasteiger partial charge is 0.236 e. The van der Waals surface area contributed by atoms with Crippen molar-refractivity contribution >= 4 is 18.3 Å². The first-order valence-electron chi connectivity index (χ1n) is 9.00. The van der Waals surface area contributed by atoms with Gasteiger partial charge in [0.05, 0.1) is 12.6 Å². The summed E-state index contributed by atoms with van der Waals surface area (Å²) in [6, 6.07) is 3.50. The minimum absolute atomic E-state index is 0. The second kappa shape index (κ2) is 10.8. The van der Waals surface area contributed by atoms with E-state index in [2.05, 4.69) is 10.2 Å². The van der Waals surface area contributed by atoms with Crippen LogP contribution in [0.3, 0.4) is 0 Å². The van der Waals surface area contributed by atoms with Gasteiger partial charge in [0.1, 0.15) is 0 Å². The number of carbonyl (C=O) groups is 1. The molecule has 0 saturated carbocycles. The third kappa shape index (κ3) is 6.18. The maximum atomic E-state index is 13.4. The Kier molecular flexibility index (Phi) is 9.47. The number of carbonyl (C=O) groups excluding carboxylic acids is 1. The van der Waals surface area contributed by atoms with Crippen molar-refractivity contribution in [1.29, 1.82) is 0 Å². The molecule has 1 aromatic rings. The first kappa shape index (κ1) is 22.8. The minimum atomic E-state index is -0.881. The zero-order valence-electron chi connectivity index (χ0n) is 15.8. The van der Waals surface area contributed by atoms with Gasteiger partial charge in [-0.15, -0.1) is 12.4 Å². The topological polar surface area (TPSA) is 35.6 Å². The van der Waals surface area contributed by atoms with E-state index in [4.69, 9.17) is 0 Å². The number of likely N-dealkylation sites (tertiary alicyclic amines) is 1. The average molecular weight is 390 g/mol. The highest BCUT2D eigenvalue weighted by atomic mass is 35.5. The summed E-state index contributed by atoms with van der Waals surface area (Å²) in [7, 11) is 3.69. The van der Waals surface area contributed by atoms with Gasteiger partial charge < -0.3 is 10.2 Å². The normalized spacial score (nSPS) is 16.8. The molecule has 1 unspecified atom stereocenters. The van der Waals surface area contributed by atoms with Crippen LogP contribution in [0.15, 0.2) is 18.2 Å². The molecular weight excluding hydrogens is 360 g/mol. The van der Waals surface area contributed by atoms with Gasteiger partial charge in [-0.3, -0.25) is 9.69 Å². The van der Waals surface area contributed by atoms with Crippen molar-refractivity contribution < 1.29 is 13.6 Å². The van der Waals surface area contributed by atoms with Gasteiger partial charge >= 0.3 is 0 Å². The van der Waals surface area contributed by atoms with Crippen LogP contribution in [0, 0.1) is 17.6 Å². The number of rotatable bonds is 7. The lowest BCUT2D eigenvalue weighted by Crippen LogP contribution is -2.43. The lowest BCUT2D eigenvalue weighted by molar-refractivity contribution is -0.133. The molecule has 4 nitrogen and oxygen atoms in total. The van der Waals surface area contributed by atoms with Crippen LogP contribution in [-0.4, -0.2) is 56.0 Å². The molecule has 1 amide bonds. The molecule has 0 aromatic heterocycles. The van der Waals surface area contributed by atoms with E-state index in [0.29, 0.717) is 12.1 Å². The summed E-state index contributed by atoms with van der Waals surface area (Å²) >= 11 is 0. The molecule has 148 valence electrons. The third-order valence-corrected chi connectivity index (χ3v) is 5.27. The third-order valence-electron chi connectivity index (χ3n) is 5.27. The van der Waals surface area contributed by atoms with E-state index >= 15 is 0 Å². The summed E-state index contributed by atoms with van der Waals surface area (Å²) in [6.07, 6.45) is 3.43. The summed E-state index contributed by atoms with van der Waals surface area (Å²) in [5.74, 6) is -1.01. The molecule has 0 radical (unpaired) electrons. The molecule has 0 bridgehead atoms. The Balaban J connectivity index is 0.00000338. The predicted octanol–water partition coefficient (Wildman–Crippen LogP) is 3.23. The first-order chi connectivity index (χ1) is 11.9. The SMILES string of the molecule is CNCCC1CCN(CC(=O)N(C)C(C)c2ccc(F)c(F)c2)CC1.Cl. The van der Waals surface area contributed by atoms with Crippen LogP contribution in [0.2, 0.25) is 0 Å². The van der Waals surface area contributed by atoms with Crippen molar-refractivity contribution in [2.24, 2.45) is 5.92 Å². The number of hydrogen-bond donors (Lipinski definition) is 1.